The second-order valence-electron chi connectivity index (χ2n) is 5.56. The number of hydrogen-bond donors (Lipinski definition) is 1. The molecule has 1 aliphatic carbocycles. The number of nitrogens with zero attached hydrogens (tertiary/aromatic N) is 1. The molecule has 3 atom stereocenters. The molecule has 0 aliphatic heterocycles. The lowest BCUT2D eigenvalue weighted by Gasteiger charge is -2.34. The maximum absolute atomic E-state index is 11.5. The van der Waals surface area contributed by atoms with Crippen LogP contribution in [0, 0.1) is 11.8 Å². The molecule has 0 aromatic rings. The zero-order valence-electron chi connectivity index (χ0n) is 12.0. The summed E-state index contributed by atoms with van der Waals surface area (Å²) in [6.07, 6.45) is 6.30. The van der Waals surface area contributed by atoms with Crippen molar-refractivity contribution in [2.75, 3.05) is 27.2 Å². The molecule has 2 N–H and O–H groups in total. The molecule has 0 heterocycles. The molecule has 1 aliphatic rings. The molecule has 0 aromatic carbocycles. The van der Waals surface area contributed by atoms with E-state index in [1.807, 2.05) is 6.92 Å². The van der Waals surface area contributed by atoms with Crippen molar-refractivity contribution < 1.29 is 9.53 Å². The van der Waals surface area contributed by atoms with Crippen LogP contribution in [0.4, 0.5) is 0 Å². The van der Waals surface area contributed by atoms with Crippen molar-refractivity contribution in [3.05, 3.63) is 0 Å². The van der Waals surface area contributed by atoms with Gasteiger partial charge in [-0.1, -0.05) is 26.2 Å². The van der Waals surface area contributed by atoms with Gasteiger partial charge in [0.15, 0.2) is 0 Å². The predicted octanol–water partition coefficient (Wildman–Crippen LogP) is 1.63. The van der Waals surface area contributed by atoms with Gasteiger partial charge >= 0.3 is 5.97 Å². The van der Waals surface area contributed by atoms with Crippen LogP contribution in [-0.2, 0) is 9.53 Å². The Balaban J connectivity index is 2.56. The quantitative estimate of drug-likeness (QED) is 0.600. The van der Waals surface area contributed by atoms with Gasteiger partial charge in [0.2, 0.25) is 0 Å². The predicted molar refractivity (Wildman–Crippen MR) is 73.2 cm³/mol. The molecule has 1 saturated carbocycles. The fourth-order valence-electron chi connectivity index (χ4n) is 3.06. The Hall–Kier alpha value is -0.610. The monoisotopic (exact) mass is 256 g/mol. The molecule has 0 bridgehead atoms. The number of nitrogens with two attached hydrogens (primary N) is 1. The topological polar surface area (TPSA) is 55.6 Å². The summed E-state index contributed by atoms with van der Waals surface area (Å²) in [6, 6.07) is 0.518. The molecule has 18 heavy (non-hydrogen) atoms. The zero-order chi connectivity index (χ0) is 13.5. The average Bonchev–Trinajstić information content (AvgIpc) is 2.62. The Morgan fingerprint density at radius 1 is 1.39 bits per heavy atom. The lowest BCUT2D eigenvalue weighted by atomic mass is 9.93. The van der Waals surface area contributed by atoms with Crippen LogP contribution in [0.25, 0.3) is 0 Å². The number of hydrogen-bond acceptors (Lipinski definition) is 4. The summed E-state index contributed by atoms with van der Waals surface area (Å²) in [6.45, 7) is 3.44. The van der Waals surface area contributed by atoms with Crippen molar-refractivity contribution in [2.45, 2.75) is 45.1 Å². The van der Waals surface area contributed by atoms with E-state index in [0.29, 0.717) is 12.0 Å². The van der Waals surface area contributed by atoms with Crippen LogP contribution >= 0.6 is 0 Å². The number of ether oxygens (including phenoxy) is 1. The highest BCUT2D eigenvalue weighted by Crippen LogP contribution is 2.26. The minimum atomic E-state index is -0.125. The van der Waals surface area contributed by atoms with Crippen molar-refractivity contribution >= 4 is 5.97 Å². The van der Waals surface area contributed by atoms with Gasteiger partial charge in [-0.05, 0) is 32.4 Å². The van der Waals surface area contributed by atoms with E-state index in [1.54, 1.807) is 0 Å². The molecular formula is C14H28N2O2. The molecule has 106 valence electrons. The van der Waals surface area contributed by atoms with E-state index in [0.717, 1.165) is 13.1 Å². The first kappa shape index (κ1) is 15.4. The van der Waals surface area contributed by atoms with Crippen molar-refractivity contribution in [3.63, 3.8) is 0 Å². The summed E-state index contributed by atoms with van der Waals surface area (Å²) in [5.41, 5.74) is 5.90. The third kappa shape index (κ3) is 4.25. The summed E-state index contributed by atoms with van der Waals surface area (Å²) in [4.78, 5) is 13.8. The van der Waals surface area contributed by atoms with Gasteiger partial charge in [-0.2, -0.15) is 0 Å². The van der Waals surface area contributed by atoms with Crippen LogP contribution in [-0.4, -0.2) is 44.2 Å². The summed E-state index contributed by atoms with van der Waals surface area (Å²) in [5.74, 6) is 0.379. The summed E-state index contributed by atoms with van der Waals surface area (Å²) in [5, 5.41) is 0. The van der Waals surface area contributed by atoms with E-state index in [2.05, 4.69) is 11.9 Å². The van der Waals surface area contributed by atoms with Crippen LogP contribution in [0.15, 0.2) is 0 Å². The van der Waals surface area contributed by atoms with Gasteiger partial charge in [0.25, 0.3) is 0 Å². The van der Waals surface area contributed by atoms with Crippen molar-refractivity contribution in [3.8, 4) is 0 Å². The van der Waals surface area contributed by atoms with E-state index >= 15 is 0 Å². The molecule has 0 saturated heterocycles. The normalized spacial score (nSPS) is 26.7. The van der Waals surface area contributed by atoms with Gasteiger partial charge in [0.05, 0.1) is 13.0 Å². The van der Waals surface area contributed by atoms with Crippen LogP contribution in [0.3, 0.4) is 0 Å². The Kier molecular flexibility index (Phi) is 6.65. The molecule has 0 aromatic heterocycles. The fraction of sp³-hybridized carbons (Fsp3) is 0.929. The molecule has 0 radical (unpaired) electrons. The molecule has 1 fully saturated rings. The fourth-order valence-corrected chi connectivity index (χ4v) is 3.06. The Morgan fingerprint density at radius 2 is 2.06 bits per heavy atom. The maximum atomic E-state index is 11.5. The third-order valence-electron chi connectivity index (χ3n) is 4.15. The number of carbonyl (C=O) groups is 1. The lowest BCUT2D eigenvalue weighted by Crippen LogP contribution is -2.43. The second-order valence-corrected chi connectivity index (χ2v) is 5.56. The van der Waals surface area contributed by atoms with Crippen molar-refractivity contribution in [1.82, 2.24) is 4.90 Å². The standard InChI is InChI=1S/C14H28N2O2/c1-11(14(17)18-3)10-16(2)13-8-6-4-5-7-12(13)9-15/h11-13H,4-10,15H2,1-3H3. The summed E-state index contributed by atoms with van der Waals surface area (Å²) < 4.78 is 4.79. The first-order valence-electron chi connectivity index (χ1n) is 7.08. The average molecular weight is 256 g/mol. The molecule has 4 heteroatoms. The maximum Gasteiger partial charge on any atom is 0.309 e. The number of carbonyl (C=O) groups excluding carboxylic acids is 1. The van der Waals surface area contributed by atoms with Gasteiger partial charge < -0.3 is 15.4 Å². The highest BCUT2D eigenvalue weighted by molar-refractivity contribution is 5.72. The van der Waals surface area contributed by atoms with Gasteiger partial charge in [0, 0.05) is 12.6 Å². The lowest BCUT2D eigenvalue weighted by molar-refractivity contribution is -0.145. The zero-order valence-corrected chi connectivity index (χ0v) is 12.0. The van der Waals surface area contributed by atoms with Crippen LogP contribution < -0.4 is 5.73 Å². The van der Waals surface area contributed by atoms with E-state index in [-0.39, 0.29) is 11.9 Å². The number of rotatable bonds is 5. The summed E-state index contributed by atoms with van der Waals surface area (Å²) in [7, 11) is 3.56. The van der Waals surface area contributed by atoms with Crippen LogP contribution in [0.2, 0.25) is 0 Å². The van der Waals surface area contributed by atoms with E-state index in [9.17, 15) is 4.79 Å². The van der Waals surface area contributed by atoms with E-state index < -0.39 is 0 Å². The highest BCUT2D eigenvalue weighted by atomic mass is 16.5. The first-order chi connectivity index (χ1) is 8.60. The SMILES string of the molecule is COC(=O)C(C)CN(C)C1CCCCCC1CN. The van der Waals surface area contributed by atoms with Crippen LogP contribution in [0.5, 0.6) is 0 Å². The molecular weight excluding hydrogens is 228 g/mol. The Labute approximate surface area is 111 Å². The van der Waals surface area contributed by atoms with Gasteiger partial charge in [-0.25, -0.2) is 0 Å². The van der Waals surface area contributed by atoms with Gasteiger partial charge in [0.1, 0.15) is 0 Å². The van der Waals surface area contributed by atoms with E-state index in [4.69, 9.17) is 10.5 Å². The molecule has 0 spiro atoms. The minimum Gasteiger partial charge on any atom is -0.469 e. The first-order valence-corrected chi connectivity index (χ1v) is 7.08. The van der Waals surface area contributed by atoms with E-state index in [1.165, 1.54) is 39.2 Å². The Bertz CT molecular complexity index is 258. The number of esters is 1. The van der Waals surface area contributed by atoms with Gasteiger partial charge in [-0.3, -0.25) is 4.79 Å². The molecule has 0 amide bonds. The molecule has 4 nitrogen and oxygen atoms in total. The minimum absolute atomic E-state index is 0.0679. The second kappa shape index (κ2) is 7.74. The molecule has 3 unspecified atom stereocenters. The summed E-state index contributed by atoms with van der Waals surface area (Å²) >= 11 is 0. The van der Waals surface area contributed by atoms with Crippen molar-refractivity contribution in [2.24, 2.45) is 17.6 Å². The Morgan fingerprint density at radius 3 is 2.67 bits per heavy atom. The van der Waals surface area contributed by atoms with Crippen LogP contribution in [0.1, 0.15) is 39.0 Å². The number of methoxy groups -OCH3 is 1. The smallest absolute Gasteiger partial charge is 0.309 e. The highest BCUT2D eigenvalue weighted by Gasteiger charge is 2.28. The van der Waals surface area contributed by atoms with Gasteiger partial charge in [-0.15, -0.1) is 0 Å². The molecule has 1 rings (SSSR count). The largest absolute Gasteiger partial charge is 0.469 e. The third-order valence-corrected chi connectivity index (χ3v) is 4.15. The van der Waals surface area contributed by atoms with Crippen molar-refractivity contribution in [1.29, 1.82) is 0 Å².